The van der Waals surface area contributed by atoms with Crippen LogP contribution in [0, 0.1) is 0 Å². The first-order valence-corrected chi connectivity index (χ1v) is 10.3. The molecule has 0 bridgehead atoms. The first kappa shape index (κ1) is 22.8. The maximum atomic E-state index is 13.1. The van der Waals surface area contributed by atoms with Crippen molar-refractivity contribution in [3.05, 3.63) is 64.7 Å². The Kier molecular flexibility index (Phi) is 9.00. The van der Waals surface area contributed by atoms with E-state index in [0.29, 0.717) is 31.0 Å². The SMILES string of the molecule is CCNC(=O)[C@H](CC)N(Cc1ccc(OC)cc1)C(=O)CCc1ccccc1Cl. The number of nitrogens with one attached hydrogen (secondary N) is 1. The molecule has 2 rings (SSSR count). The van der Waals surface area contributed by atoms with Crippen LogP contribution in [0.3, 0.4) is 0 Å². The zero-order valence-electron chi connectivity index (χ0n) is 17.3. The number of rotatable bonds is 10. The van der Waals surface area contributed by atoms with Crippen LogP contribution in [0.15, 0.2) is 48.5 Å². The van der Waals surface area contributed by atoms with Gasteiger partial charge in [0.2, 0.25) is 11.8 Å². The number of hydrogen-bond acceptors (Lipinski definition) is 3. The molecule has 29 heavy (non-hydrogen) atoms. The number of carbonyl (C=O) groups is 2. The van der Waals surface area contributed by atoms with E-state index in [-0.39, 0.29) is 18.2 Å². The van der Waals surface area contributed by atoms with Gasteiger partial charge in [-0.1, -0.05) is 48.9 Å². The molecule has 0 saturated heterocycles. The van der Waals surface area contributed by atoms with Crippen molar-refractivity contribution in [3.63, 3.8) is 0 Å². The van der Waals surface area contributed by atoms with Gasteiger partial charge >= 0.3 is 0 Å². The number of ether oxygens (including phenoxy) is 1. The molecule has 0 aliphatic heterocycles. The molecule has 0 aliphatic carbocycles. The summed E-state index contributed by atoms with van der Waals surface area (Å²) in [6.07, 6.45) is 1.36. The van der Waals surface area contributed by atoms with Gasteiger partial charge in [-0.05, 0) is 49.1 Å². The van der Waals surface area contributed by atoms with Crippen molar-refractivity contribution < 1.29 is 14.3 Å². The molecule has 1 N–H and O–H groups in total. The number of methoxy groups -OCH3 is 1. The Bertz CT molecular complexity index is 808. The first-order chi connectivity index (χ1) is 14.0. The summed E-state index contributed by atoms with van der Waals surface area (Å²) in [7, 11) is 1.61. The van der Waals surface area contributed by atoms with Crippen LogP contribution in [0.2, 0.25) is 5.02 Å². The Morgan fingerprint density at radius 3 is 2.38 bits per heavy atom. The van der Waals surface area contributed by atoms with E-state index in [4.69, 9.17) is 16.3 Å². The zero-order valence-corrected chi connectivity index (χ0v) is 18.0. The quantitative estimate of drug-likeness (QED) is 0.630. The van der Waals surface area contributed by atoms with Crippen LogP contribution >= 0.6 is 11.6 Å². The van der Waals surface area contributed by atoms with E-state index in [0.717, 1.165) is 16.9 Å². The molecule has 156 valence electrons. The highest BCUT2D eigenvalue weighted by atomic mass is 35.5. The number of aryl methyl sites for hydroxylation is 1. The minimum Gasteiger partial charge on any atom is -0.497 e. The molecule has 1 atom stereocenters. The summed E-state index contributed by atoms with van der Waals surface area (Å²) in [5.74, 6) is 0.551. The van der Waals surface area contributed by atoms with Crippen molar-refractivity contribution in [1.29, 1.82) is 0 Å². The summed E-state index contributed by atoms with van der Waals surface area (Å²) in [6, 6.07) is 14.5. The second-order valence-corrected chi connectivity index (χ2v) is 7.19. The maximum Gasteiger partial charge on any atom is 0.242 e. The lowest BCUT2D eigenvalue weighted by Crippen LogP contribution is -2.49. The number of carbonyl (C=O) groups excluding carboxylic acids is 2. The highest BCUT2D eigenvalue weighted by Crippen LogP contribution is 2.20. The Labute approximate surface area is 178 Å². The predicted molar refractivity (Wildman–Crippen MR) is 116 cm³/mol. The Balaban J connectivity index is 2.20. The predicted octanol–water partition coefficient (Wildman–Crippen LogP) is 4.22. The highest BCUT2D eigenvalue weighted by molar-refractivity contribution is 6.31. The van der Waals surface area contributed by atoms with E-state index < -0.39 is 6.04 Å². The van der Waals surface area contributed by atoms with E-state index in [1.807, 2.05) is 62.4 Å². The molecule has 2 aromatic carbocycles. The average Bonchev–Trinajstić information content (AvgIpc) is 2.73. The lowest BCUT2D eigenvalue weighted by atomic mass is 10.1. The molecule has 5 nitrogen and oxygen atoms in total. The first-order valence-electron chi connectivity index (χ1n) is 9.93. The van der Waals surface area contributed by atoms with Crippen molar-refractivity contribution in [2.45, 2.75) is 45.7 Å². The van der Waals surface area contributed by atoms with Gasteiger partial charge in [0, 0.05) is 24.5 Å². The average molecular weight is 417 g/mol. The summed E-state index contributed by atoms with van der Waals surface area (Å²) < 4.78 is 5.20. The van der Waals surface area contributed by atoms with Crippen LogP contribution in [0.4, 0.5) is 0 Å². The van der Waals surface area contributed by atoms with Crippen LogP contribution in [0.5, 0.6) is 5.75 Å². The van der Waals surface area contributed by atoms with Crippen molar-refractivity contribution in [2.24, 2.45) is 0 Å². The summed E-state index contributed by atoms with van der Waals surface area (Å²) in [6.45, 7) is 4.68. The lowest BCUT2D eigenvalue weighted by Gasteiger charge is -2.30. The topological polar surface area (TPSA) is 58.6 Å². The van der Waals surface area contributed by atoms with Gasteiger partial charge in [-0.15, -0.1) is 0 Å². The number of hydrogen-bond donors (Lipinski definition) is 1. The smallest absolute Gasteiger partial charge is 0.242 e. The largest absolute Gasteiger partial charge is 0.497 e. The third-order valence-corrected chi connectivity index (χ3v) is 5.18. The van der Waals surface area contributed by atoms with Crippen molar-refractivity contribution in [1.82, 2.24) is 10.2 Å². The Morgan fingerprint density at radius 1 is 1.10 bits per heavy atom. The lowest BCUT2D eigenvalue weighted by molar-refractivity contribution is -0.141. The van der Waals surface area contributed by atoms with Crippen molar-refractivity contribution >= 4 is 23.4 Å². The molecule has 0 spiro atoms. The molecule has 2 aromatic rings. The number of nitrogens with zero attached hydrogens (tertiary/aromatic N) is 1. The van der Waals surface area contributed by atoms with Gasteiger partial charge in [0.1, 0.15) is 11.8 Å². The van der Waals surface area contributed by atoms with Crippen LogP contribution in [-0.2, 0) is 22.6 Å². The fourth-order valence-electron chi connectivity index (χ4n) is 3.23. The van der Waals surface area contributed by atoms with Gasteiger partial charge < -0.3 is 15.0 Å². The fourth-order valence-corrected chi connectivity index (χ4v) is 3.46. The van der Waals surface area contributed by atoms with Gasteiger partial charge in [-0.25, -0.2) is 0 Å². The highest BCUT2D eigenvalue weighted by Gasteiger charge is 2.28. The van der Waals surface area contributed by atoms with Gasteiger partial charge in [0.25, 0.3) is 0 Å². The van der Waals surface area contributed by atoms with Crippen molar-refractivity contribution in [3.8, 4) is 5.75 Å². The third kappa shape index (κ3) is 6.50. The molecular weight excluding hydrogens is 388 g/mol. The Morgan fingerprint density at radius 2 is 1.79 bits per heavy atom. The molecule has 0 fully saturated rings. The molecule has 2 amide bonds. The van der Waals surface area contributed by atoms with Crippen molar-refractivity contribution in [2.75, 3.05) is 13.7 Å². The molecular formula is C23H29ClN2O3. The maximum absolute atomic E-state index is 13.1. The van der Waals surface area contributed by atoms with E-state index in [9.17, 15) is 9.59 Å². The number of halogens is 1. The normalized spacial score (nSPS) is 11.6. The number of likely N-dealkylation sites (N-methyl/N-ethyl adjacent to an activating group) is 1. The van der Waals surface area contributed by atoms with Gasteiger partial charge in [-0.3, -0.25) is 9.59 Å². The van der Waals surface area contributed by atoms with Crippen LogP contribution in [0.1, 0.15) is 37.8 Å². The van der Waals surface area contributed by atoms with Gasteiger partial charge in [-0.2, -0.15) is 0 Å². The molecule has 0 radical (unpaired) electrons. The number of benzene rings is 2. The minimum absolute atomic E-state index is 0.0705. The number of amides is 2. The second-order valence-electron chi connectivity index (χ2n) is 6.78. The van der Waals surface area contributed by atoms with E-state index in [2.05, 4.69) is 5.32 Å². The molecule has 0 heterocycles. The molecule has 0 aromatic heterocycles. The summed E-state index contributed by atoms with van der Waals surface area (Å²) in [5.41, 5.74) is 1.87. The second kappa shape index (κ2) is 11.5. The standard InChI is InChI=1S/C23H29ClN2O3/c1-4-21(23(28)25-5-2)26(16-17-10-13-19(29-3)14-11-17)22(27)15-12-18-8-6-7-9-20(18)24/h6-11,13-14,21H,4-5,12,15-16H2,1-3H3,(H,25,28)/t21-/m0/s1. The van der Waals surface area contributed by atoms with Crippen LogP contribution in [0.25, 0.3) is 0 Å². The van der Waals surface area contributed by atoms with Gasteiger partial charge in [0.05, 0.1) is 7.11 Å². The fraction of sp³-hybridized carbons (Fsp3) is 0.391. The molecule has 6 heteroatoms. The van der Waals surface area contributed by atoms with E-state index in [1.54, 1.807) is 12.0 Å². The third-order valence-electron chi connectivity index (χ3n) is 4.81. The summed E-state index contributed by atoms with van der Waals surface area (Å²) in [4.78, 5) is 27.4. The summed E-state index contributed by atoms with van der Waals surface area (Å²) >= 11 is 6.23. The van der Waals surface area contributed by atoms with E-state index in [1.165, 1.54) is 0 Å². The van der Waals surface area contributed by atoms with E-state index >= 15 is 0 Å². The monoisotopic (exact) mass is 416 g/mol. The van der Waals surface area contributed by atoms with Crippen LogP contribution in [-0.4, -0.2) is 36.4 Å². The summed E-state index contributed by atoms with van der Waals surface area (Å²) in [5, 5.41) is 3.50. The van der Waals surface area contributed by atoms with Crippen LogP contribution < -0.4 is 10.1 Å². The van der Waals surface area contributed by atoms with Gasteiger partial charge in [0.15, 0.2) is 0 Å². The molecule has 0 saturated carbocycles. The zero-order chi connectivity index (χ0) is 21.2. The molecule has 0 aliphatic rings. The molecule has 0 unspecified atom stereocenters. The Hall–Kier alpha value is -2.53. The minimum atomic E-state index is -0.518.